The molecule has 3 N–H and O–H groups in total. The highest BCUT2D eigenvalue weighted by Crippen LogP contribution is 2.32. The average molecular weight is 376 g/mol. The summed E-state index contributed by atoms with van der Waals surface area (Å²) < 4.78 is 6.18. The van der Waals surface area contributed by atoms with Gasteiger partial charge in [0.05, 0.1) is 11.1 Å². The van der Waals surface area contributed by atoms with Crippen LogP contribution in [-0.4, -0.2) is 36.8 Å². The second kappa shape index (κ2) is 7.99. The molecule has 2 aliphatic rings. The summed E-state index contributed by atoms with van der Waals surface area (Å²) in [6.45, 7) is 3.42. The molecule has 1 aliphatic heterocycles. The monoisotopic (exact) mass is 375 g/mol. The van der Waals surface area contributed by atoms with Crippen molar-refractivity contribution in [3.05, 3.63) is 39.8 Å². The maximum atomic E-state index is 11.9. The lowest BCUT2D eigenvalue weighted by Crippen LogP contribution is -2.39. The number of halogens is 1. The molecule has 140 valence electrons. The predicted octanol–water partition coefficient (Wildman–Crippen LogP) is 3.07. The Kier molecular flexibility index (Phi) is 5.48. The summed E-state index contributed by atoms with van der Waals surface area (Å²) in [5.74, 6) is 1.46. The molecule has 2 fully saturated rings. The lowest BCUT2D eigenvalue weighted by atomic mass is 9.92. The van der Waals surface area contributed by atoms with Crippen molar-refractivity contribution in [2.75, 3.05) is 19.6 Å². The van der Waals surface area contributed by atoms with Crippen LogP contribution in [0.4, 0.5) is 0 Å². The van der Waals surface area contributed by atoms with Crippen LogP contribution in [0.3, 0.4) is 0 Å². The first kappa shape index (κ1) is 17.8. The zero-order valence-corrected chi connectivity index (χ0v) is 15.6. The standard InChI is InChI=1S/C20H26ClN3O2/c21-18-10-17-14(6-8-23-20(17)25)9-19(18)26-16-3-1-15(2-4-16)24-12-13-5-7-22-11-13/h6,8-10,13,15-16,22,24H,1-5,7,11-12H2,(H,23,25). The number of H-pyrrole nitrogens is 1. The molecule has 5 nitrogen and oxygen atoms in total. The molecule has 1 atom stereocenters. The number of hydrogen-bond acceptors (Lipinski definition) is 4. The number of fused-ring (bicyclic) bond motifs is 1. The molecule has 2 heterocycles. The third-order valence-corrected chi connectivity index (χ3v) is 5.95. The number of pyridine rings is 1. The summed E-state index contributed by atoms with van der Waals surface area (Å²) in [6, 6.07) is 6.05. The highest BCUT2D eigenvalue weighted by atomic mass is 35.5. The molecule has 1 aromatic heterocycles. The van der Waals surface area contributed by atoms with Gasteiger partial charge in [-0.15, -0.1) is 0 Å². The van der Waals surface area contributed by atoms with Crippen LogP contribution in [0.25, 0.3) is 10.8 Å². The molecule has 1 saturated heterocycles. The predicted molar refractivity (Wildman–Crippen MR) is 105 cm³/mol. The van der Waals surface area contributed by atoms with Crippen molar-refractivity contribution < 1.29 is 4.74 Å². The summed E-state index contributed by atoms with van der Waals surface area (Å²) in [6.07, 6.45) is 7.46. The van der Waals surface area contributed by atoms with Gasteiger partial charge in [0.2, 0.25) is 0 Å². The summed E-state index contributed by atoms with van der Waals surface area (Å²) in [4.78, 5) is 14.5. The van der Waals surface area contributed by atoms with Crippen molar-refractivity contribution in [2.24, 2.45) is 5.92 Å². The Labute approximate surface area is 158 Å². The van der Waals surface area contributed by atoms with Crippen LogP contribution in [0, 0.1) is 5.92 Å². The number of benzene rings is 1. The molecular formula is C20H26ClN3O2. The molecule has 26 heavy (non-hydrogen) atoms. The third kappa shape index (κ3) is 4.05. The van der Waals surface area contributed by atoms with Crippen molar-refractivity contribution in [3.8, 4) is 5.75 Å². The van der Waals surface area contributed by atoms with Gasteiger partial charge in [0.1, 0.15) is 5.75 Å². The minimum atomic E-state index is -0.125. The maximum Gasteiger partial charge on any atom is 0.255 e. The van der Waals surface area contributed by atoms with Crippen LogP contribution in [0.15, 0.2) is 29.2 Å². The molecule has 0 amide bonds. The molecule has 1 saturated carbocycles. The van der Waals surface area contributed by atoms with E-state index >= 15 is 0 Å². The Morgan fingerprint density at radius 3 is 2.81 bits per heavy atom. The lowest BCUT2D eigenvalue weighted by Gasteiger charge is -2.30. The maximum absolute atomic E-state index is 11.9. The van der Waals surface area contributed by atoms with Crippen molar-refractivity contribution in [3.63, 3.8) is 0 Å². The van der Waals surface area contributed by atoms with Crippen molar-refractivity contribution >= 4 is 22.4 Å². The highest BCUT2D eigenvalue weighted by molar-refractivity contribution is 6.32. The fourth-order valence-corrected chi connectivity index (χ4v) is 4.27. The van der Waals surface area contributed by atoms with Crippen LogP contribution in [-0.2, 0) is 0 Å². The Morgan fingerprint density at radius 2 is 2.04 bits per heavy atom. The molecular weight excluding hydrogens is 350 g/mol. The van der Waals surface area contributed by atoms with Crippen LogP contribution in [0.1, 0.15) is 32.1 Å². The van der Waals surface area contributed by atoms with E-state index in [9.17, 15) is 4.79 Å². The van der Waals surface area contributed by atoms with Crippen LogP contribution in [0.5, 0.6) is 5.75 Å². The van der Waals surface area contributed by atoms with E-state index in [0.29, 0.717) is 22.2 Å². The van der Waals surface area contributed by atoms with Crippen LogP contribution < -0.4 is 20.9 Å². The average Bonchev–Trinajstić information content (AvgIpc) is 3.16. The molecule has 1 aromatic carbocycles. The number of aromatic nitrogens is 1. The summed E-state index contributed by atoms with van der Waals surface area (Å²) in [5, 5.41) is 9.11. The smallest absolute Gasteiger partial charge is 0.255 e. The number of aromatic amines is 1. The molecule has 0 spiro atoms. The number of nitrogens with one attached hydrogen (secondary N) is 3. The van der Waals surface area contributed by atoms with Crippen LogP contribution in [0.2, 0.25) is 5.02 Å². The van der Waals surface area contributed by atoms with E-state index in [1.807, 2.05) is 12.1 Å². The zero-order chi connectivity index (χ0) is 17.9. The first-order valence-corrected chi connectivity index (χ1v) is 9.98. The van der Waals surface area contributed by atoms with Gasteiger partial charge in [0.15, 0.2) is 0 Å². The van der Waals surface area contributed by atoms with Gasteiger partial charge < -0.3 is 20.4 Å². The van der Waals surface area contributed by atoms with E-state index < -0.39 is 0 Å². The Balaban J connectivity index is 1.33. The van der Waals surface area contributed by atoms with Gasteiger partial charge in [0.25, 0.3) is 5.56 Å². The van der Waals surface area contributed by atoms with E-state index in [1.165, 1.54) is 6.42 Å². The Bertz CT molecular complexity index is 808. The normalized spacial score (nSPS) is 26.3. The van der Waals surface area contributed by atoms with Gasteiger partial charge in [-0.2, -0.15) is 0 Å². The molecule has 1 unspecified atom stereocenters. The Morgan fingerprint density at radius 1 is 1.19 bits per heavy atom. The molecule has 0 radical (unpaired) electrons. The van der Waals surface area contributed by atoms with Crippen LogP contribution >= 0.6 is 11.6 Å². The van der Waals surface area contributed by atoms with Crippen molar-refractivity contribution in [1.29, 1.82) is 0 Å². The molecule has 2 aromatic rings. The largest absolute Gasteiger partial charge is 0.489 e. The zero-order valence-electron chi connectivity index (χ0n) is 14.9. The molecule has 4 rings (SSSR count). The summed E-state index contributed by atoms with van der Waals surface area (Å²) >= 11 is 6.35. The number of rotatable bonds is 5. The molecule has 6 heteroatoms. The fraction of sp³-hybridized carbons (Fsp3) is 0.550. The van der Waals surface area contributed by atoms with Crippen molar-refractivity contribution in [2.45, 2.75) is 44.2 Å². The lowest BCUT2D eigenvalue weighted by molar-refractivity contribution is 0.139. The summed E-state index contributed by atoms with van der Waals surface area (Å²) in [7, 11) is 0. The minimum absolute atomic E-state index is 0.125. The Hall–Kier alpha value is -1.56. The quantitative estimate of drug-likeness (QED) is 0.751. The highest BCUT2D eigenvalue weighted by Gasteiger charge is 2.24. The van der Waals surface area contributed by atoms with Crippen molar-refractivity contribution in [1.82, 2.24) is 15.6 Å². The van der Waals surface area contributed by atoms with E-state index in [1.54, 1.807) is 12.3 Å². The molecule has 0 bridgehead atoms. The molecule has 1 aliphatic carbocycles. The summed E-state index contributed by atoms with van der Waals surface area (Å²) in [5.41, 5.74) is -0.125. The van der Waals surface area contributed by atoms with Gasteiger partial charge in [-0.3, -0.25) is 4.79 Å². The fourth-order valence-electron chi connectivity index (χ4n) is 4.07. The van der Waals surface area contributed by atoms with E-state index in [2.05, 4.69) is 15.6 Å². The van der Waals surface area contributed by atoms with E-state index in [-0.39, 0.29) is 11.7 Å². The third-order valence-electron chi connectivity index (χ3n) is 5.65. The first-order valence-electron chi connectivity index (χ1n) is 9.61. The SMILES string of the molecule is O=c1[nH]ccc2cc(OC3CCC(NCC4CCNC4)CC3)c(Cl)cc12. The van der Waals surface area contributed by atoms with Gasteiger partial charge in [0, 0.05) is 17.6 Å². The van der Waals surface area contributed by atoms with Gasteiger partial charge in [-0.25, -0.2) is 0 Å². The first-order chi connectivity index (χ1) is 12.7. The van der Waals surface area contributed by atoms with E-state index in [0.717, 1.165) is 56.6 Å². The van der Waals surface area contributed by atoms with Gasteiger partial charge >= 0.3 is 0 Å². The second-order valence-corrected chi connectivity index (χ2v) is 7.94. The number of ether oxygens (including phenoxy) is 1. The number of hydrogen-bond donors (Lipinski definition) is 3. The van der Waals surface area contributed by atoms with Gasteiger partial charge in [-0.05, 0) is 81.2 Å². The van der Waals surface area contributed by atoms with E-state index in [4.69, 9.17) is 16.3 Å². The van der Waals surface area contributed by atoms with Gasteiger partial charge in [-0.1, -0.05) is 11.6 Å². The second-order valence-electron chi connectivity index (χ2n) is 7.54. The topological polar surface area (TPSA) is 66.2 Å². The minimum Gasteiger partial charge on any atom is -0.489 e.